The molecule has 0 saturated carbocycles. The van der Waals surface area contributed by atoms with Gasteiger partial charge in [0.15, 0.2) is 0 Å². The van der Waals surface area contributed by atoms with Crippen LogP contribution in [0.3, 0.4) is 0 Å². The number of hydrogen-bond acceptors (Lipinski definition) is 3. The second-order valence-corrected chi connectivity index (χ2v) is 4.54. The molecule has 0 heterocycles. The number of rotatable bonds is 6. The predicted molar refractivity (Wildman–Crippen MR) is 72.9 cm³/mol. The van der Waals surface area contributed by atoms with E-state index in [-0.39, 0.29) is 5.91 Å². The molecule has 2 N–H and O–H groups in total. The van der Waals surface area contributed by atoms with E-state index in [0.29, 0.717) is 19.0 Å². The van der Waals surface area contributed by atoms with Crippen LogP contribution in [0.25, 0.3) is 0 Å². The molecule has 4 heteroatoms. The average molecular weight is 250 g/mol. The van der Waals surface area contributed by atoms with Crippen molar-refractivity contribution >= 4 is 5.91 Å². The molecule has 0 aliphatic carbocycles. The number of likely N-dealkylation sites (N-methyl/N-ethyl adjacent to an activating group) is 1. The Morgan fingerprint density at radius 2 is 2.11 bits per heavy atom. The topological polar surface area (TPSA) is 50.4 Å². The lowest BCUT2D eigenvalue weighted by Crippen LogP contribution is -2.31. The van der Waals surface area contributed by atoms with Crippen molar-refractivity contribution in [3.63, 3.8) is 0 Å². The molecule has 0 aliphatic heterocycles. The van der Waals surface area contributed by atoms with Gasteiger partial charge in [-0.2, -0.15) is 0 Å². The minimum atomic E-state index is -0.000542. The van der Waals surface area contributed by atoms with Gasteiger partial charge in [-0.1, -0.05) is 26.0 Å². The molecule has 0 fully saturated rings. The van der Waals surface area contributed by atoms with E-state index in [0.717, 1.165) is 16.9 Å². The van der Waals surface area contributed by atoms with Crippen LogP contribution in [0.4, 0.5) is 0 Å². The monoisotopic (exact) mass is 250 g/mol. The fraction of sp³-hybridized carbons (Fsp3) is 0.500. The van der Waals surface area contributed by atoms with Gasteiger partial charge in [-0.25, -0.2) is 0 Å². The number of carbonyl (C=O) groups is 1. The van der Waals surface area contributed by atoms with E-state index in [1.54, 1.807) is 14.2 Å². The van der Waals surface area contributed by atoms with E-state index in [1.807, 2.05) is 12.1 Å². The highest BCUT2D eigenvalue weighted by Gasteiger charge is 2.08. The Kier molecular flexibility index (Phi) is 5.65. The normalized spacial score (nSPS) is 10.5. The number of benzene rings is 1. The molecule has 0 radical (unpaired) electrons. The molecule has 4 nitrogen and oxygen atoms in total. The van der Waals surface area contributed by atoms with Gasteiger partial charge in [-0.3, -0.25) is 4.79 Å². The molecular weight excluding hydrogens is 228 g/mol. The number of amides is 1. The molecule has 0 unspecified atom stereocenters. The molecule has 0 aromatic heterocycles. The maximum Gasteiger partial charge on any atom is 0.234 e. The zero-order chi connectivity index (χ0) is 13.5. The first-order chi connectivity index (χ1) is 8.58. The summed E-state index contributed by atoms with van der Waals surface area (Å²) in [6, 6.07) is 6.02. The Hall–Kier alpha value is -1.55. The Labute approximate surface area is 109 Å². The van der Waals surface area contributed by atoms with E-state index in [9.17, 15) is 4.79 Å². The quantitative estimate of drug-likeness (QED) is 0.807. The Morgan fingerprint density at radius 3 is 2.67 bits per heavy atom. The molecule has 0 spiro atoms. The highest BCUT2D eigenvalue weighted by molar-refractivity contribution is 5.77. The van der Waals surface area contributed by atoms with Gasteiger partial charge in [-0.05, 0) is 30.2 Å². The maximum absolute atomic E-state index is 11.4. The molecule has 0 saturated heterocycles. The van der Waals surface area contributed by atoms with Crippen LogP contribution in [-0.2, 0) is 11.3 Å². The second kappa shape index (κ2) is 7.01. The third-order valence-electron chi connectivity index (χ3n) is 2.74. The third kappa shape index (κ3) is 4.04. The van der Waals surface area contributed by atoms with Crippen LogP contribution in [0.15, 0.2) is 18.2 Å². The van der Waals surface area contributed by atoms with E-state index in [4.69, 9.17) is 4.74 Å². The van der Waals surface area contributed by atoms with Crippen LogP contribution in [0, 0.1) is 0 Å². The zero-order valence-corrected chi connectivity index (χ0v) is 11.5. The zero-order valence-electron chi connectivity index (χ0n) is 11.5. The van der Waals surface area contributed by atoms with Gasteiger partial charge < -0.3 is 15.4 Å². The highest BCUT2D eigenvalue weighted by atomic mass is 16.5. The van der Waals surface area contributed by atoms with E-state index in [1.165, 1.54) is 0 Å². The van der Waals surface area contributed by atoms with Gasteiger partial charge in [-0.15, -0.1) is 0 Å². The van der Waals surface area contributed by atoms with Crippen molar-refractivity contribution in [3.05, 3.63) is 29.3 Å². The van der Waals surface area contributed by atoms with Gasteiger partial charge in [0.05, 0.1) is 13.7 Å². The summed E-state index contributed by atoms with van der Waals surface area (Å²) in [5, 5.41) is 5.68. The lowest BCUT2D eigenvalue weighted by molar-refractivity contribution is -0.120. The molecule has 1 aromatic carbocycles. The fourth-order valence-electron chi connectivity index (χ4n) is 1.77. The summed E-state index contributed by atoms with van der Waals surface area (Å²) in [6.07, 6.45) is 0. The fourth-order valence-corrected chi connectivity index (χ4v) is 1.77. The van der Waals surface area contributed by atoms with E-state index < -0.39 is 0 Å². The van der Waals surface area contributed by atoms with Crippen molar-refractivity contribution in [2.45, 2.75) is 26.3 Å². The molecule has 1 aromatic rings. The van der Waals surface area contributed by atoms with Crippen molar-refractivity contribution in [1.29, 1.82) is 0 Å². The summed E-state index contributed by atoms with van der Waals surface area (Å²) in [7, 11) is 3.43. The van der Waals surface area contributed by atoms with Crippen molar-refractivity contribution < 1.29 is 9.53 Å². The van der Waals surface area contributed by atoms with Gasteiger partial charge in [0.1, 0.15) is 5.75 Å². The maximum atomic E-state index is 11.4. The highest BCUT2D eigenvalue weighted by Crippen LogP contribution is 2.27. The molecule has 18 heavy (non-hydrogen) atoms. The van der Waals surface area contributed by atoms with E-state index >= 15 is 0 Å². The molecule has 100 valence electrons. The van der Waals surface area contributed by atoms with Crippen molar-refractivity contribution in [1.82, 2.24) is 10.6 Å². The van der Waals surface area contributed by atoms with E-state index in [2.05, 4.69) is 30.5 Å². The molecular formula is C14H22N2O2. The Balaban J connectivity index is 2.73. The number of hydrogen-bond donors (Lipinski definition) is 2. The Morgan fingerprint density at radius 1 is 1.39 bits per heavy atom. The first-order valence-electron chi connectivity index (χ1n) is 6.16. The molecule has 0 atom stereocenters. The standard InChI is InChI=1S/C14H22N2O2/c1-10(2)12-7-11(5-6-13(12)18-4)8-16-14(17)9-15-3/h5-7,10,15H,8-9H2,1-4H3,(H,16,17). The van der Waals surface area contributed by atoms with Crippen LogP contribution in [-0.4, -0.2) is 26.6 Å². The summed E-state index contributed by atoms with van der Waals surface area (Å²) >= 11 is 0. The SMILES string of the molecule is CNCC(=O)NCc1ccc(OC)c(C(C)C)c1. The number of methoxy groups -OCH3 is 1. The van der Waals surface area contributed by atoms with Gasteiger partial charge in [0, 0.05) is 6.54 Å². The van der Waals surface area contributed by atoms with Crippen LogP contribution < -0.4 is 15.4 Å². The third-order valence-corrected chi connectivity index (χ3v) is 2.74. The number of carbonyl (C=O) groups excluding carboxylic acids is 1. The van der Waals surface area contributed by atoms with Crippen LogP contribution >= 0.6 is 0 Å². The summed E-state index contributed by atoms with van der Waals surface area (Å²) < 4.78 is 5.33. The van der Waals surface area contributed by atoms with Crippen LogP contribution in [0.5, 0.6) is 5.75 Å². The van der Waals surface area contributed by atoms with Crippen LogP contribution in [0.2, 0.25) is 0 Å². The summed E-state index contributed by atoms with van der Waals surface area (Å²) in [4.78, 5) is 11.4. The second-order valence-electron chi connectivity index (χ2n) is 4.54. The molecule has 1 rings (SSSR count). The van der Waals surface area contributed by atoms with Gasteiger partial charge in [0.25, 0.3) is 0 Å². The summed E-state index contributed by atoms with van der Waals surface area (Å²) in [5.74, 6) is 1.29. The summed E-state index contributed by atoms with van der Waals surface area (Å²) in [6.45, 7) is 5.14. The smallest absolute Gasteiger partial charge is 0.234 e. The molecule has 0 bridgehead atoms. The van der Waals surface area contributed by atoms with Gasteiger partial charge >= 0.3 is 0 Å². The molecule has 1 amide bonds. The Bertz CT molecular complexity index is 403. The minimum Gasteiger partial charge on any atom is -0.496 e. The average Bonchev–Trinajstić information content (AvgIpc) is 2.36. The van der Waals surface area contributed by atoms with Crippen molar-refractivity contribution in [2.24, 2.45) is 0 Å². The first-order valence-corrected chi connectivity index (χ1v) is 6.16. The minimum absolute atomic E-state index is 0.000542. The van der Waals surface area contributed by atoms with Crippen molar-refractivity contribution in [2.75, 3.05) is 20.7 Å². The lowest BCUT2D eigenvalue weighted by atomic mass is 9.99. The lowest BCUT2D eigenvalue weighted by Gasteiger charge is -2.14. The van der Waals surface area contributed by atoms with Crippen molar-refractivity contribution in [3.8, 4) is 5.75 Å². The number of ether oxygens (including phenoxy) is 1. The predicted octanol–water partition coefficient (Wildman–Crippen LogP) is 1.65. The number of nitrogens with one attached hydrogen (secondary N) is 2. The summed E-state index contributed by atoms with van der Waals surface area (Å²) in [5.41, 5.74) is 2.25. The first kappa shape index (κ1) is 14.5. The van der Waals surface area contributed by atoms with Gasteiger partial charge in [0.2, 0.25) is 5.91 Å². The molecule has 0 aliphatic rings. The largest absolute Gasteiger partial charge is 0.496 e. The van der Waals surface area contributed by atoms with Crippen LogP contribution in [0.1, 0.15) is 30.9 Å².